The van der Waals surface area contributed by atoms with Crippen molar-refractivity contribution in [2.24, 2.45) is 0 Å². The molecule has 0 radical (unpaired) electrons. The molecule has 186 valence electrons. The number of likely N-dealkylation sites (tertiary alicyclic amines) is 1. The molecule has 1 saturated carbocycles. The van der Waals surface area contributed by atoms with Crippen LogP contribution in [-0.2, 0) is 11.3 Å². The van der Waals surface area contributed by atoms with E-state index in [1.54, 1.807) is 23.5 Å². The number of aromatic nitrogens is 1. The van der Waals surface area contributed by atoms with Crippen molar-refractivity contribution in [3.05, 3.63) is 46.2 Å². The minimum Gasteiger partial charge on any atom is -0.478 e. The van der Waals surface area contributed by atoms with Crippen LogP contribution in [0.1, 0.15) is 66.8 Å². The Hall–Kier alpha value is -2.64. The fourth-order valence-electron chi connectivity index (χ4n) is 6.06. The van der Waals surface area contributed by atoms with Crippen LogP contribution in [0.3, 0.4) is 0 Å². The molecular formula is C28H35N3O3S. The Morgan fingerprint density at radius 2 is 1.80 bits per heavy atom. The summed E-state index contributed by atoms with van der Waals surface area (Å²) in [5.41, 5.74) is 4.66. The van der Waals surface area contributed by atoms with E-state index in [0.29, 0.717) is 12.0 Å². The van der Waals surface area contributed by atoms with Gasteiger partial charge in [0.15, 0.2) is 0 Å². The number of carboxylic acids is 1. The van der Waals surface area contributed by atoms with Crippen LogP contribution < -0.4 is 0 Å². The number of carbonyl (C=O) groups is 2. The highest BCUT2D eigenvalue weighted by molar-refractivity contribution is 7.08. The summed E-state index contributed by atoms with van der Waals surface area (Å²) >= 11 is 1.66. The molecule has 1 amide bonds. The van der Waals surface area contributed by atoms with Crippen molar-refractivity contribution in [3.8, 4) is 11.3 Å². The van der Waals surface area contributed by atoms with E-state index in [1.165, 1.54) is 24.8 Å². The van der Waals surface area contributed by atoms with Gasteiger partial charge in [-0.05, 0) is 74.8 Å². The van der Waals surface area contributed by atoms with Gasteiger partial charge in [-0.2, -0.15) is 11.3 Å². The number of piperidine rings is 1. The van der Waals surface area contributed by atoms with Gasteiger partial charge in [-0.3, -0.25) is 4.79 Å². The van der Waals surface area contributed by atoms with Gasteiger partial charge in [-0.1, -0.05) is 25.3 Å². The maximum atomic E-state index is 13.6. The van der Waals surface area contributed by atoms with Crippen molar-refractivity contribution in [2.45, 2.75) is 63.5 Å². The van der Waals surface area contributed by atoms with E-state index in [9.17, 15) is 14.7 Å². The Kier molecular flexibility index (Phi) is 6.98. The number of amides is 1. The second-order valence-electron chi connectivity index (χ2n) is 10.3. The van der Waals surface area contributed by atoms with E-state index in [2.05, 4.69) is 40.4 Å². The lowest BCUT2D eigenvalue weighted by Gasteiger charge is -2.35. The number of carboxylic acid groups (broad SMARTS) is 1. The van der Waals surface area contributed by atoms with Crippen molar-refractivity contribution in [1.82, 2.24) is 14.4 Å². The number of benzene rings is 1. The Morgan fingerprint density at radius 3 is 2.43 bits per heavy atom. The predicted octanol–water partition coefficient (Wildman–Crippen LogP) is 5.67. The first-order valence-corrected chi connectivity index (χ1v) is 13.7. The van der Waals surface area contributed by atoms with Crippen LogP contribution in [0.25, 0.3) is 22.2 Å². The molecule has 3 aromatic rings. The van der Waals surface area contributed by atoms with E-state index in [1.807, 2.05) is 11.0 Å². The molecule has 1 N–H and O–H groups in total. The fraction of sp³-hybridized carbons (Fsp3) is 0.500. The third-order valence-electron chi connectivity index (χ3n) is 8.00. The number of rotatable bonds is 6. The van der Waals surface area contributed by atoms with Crippen LogP contribution in [0.15, 0.2) is 35.0 Å². The summed E-state index contributed by atoms with van der Waals surface area (Å²) in [6.07, 6.45) is 7.96. The molecule has 5 rings (SSSR count). The van der Waals surface area contributed by atoms with Crippen LogP contribution in [0, 0.1) is 0 Å². The van der Waals surface area contributed by atoms with E-state index in [4.69, 9.17) is 0 Å². The van der Waals surface area contributed by atoms with Gasteiger partial charge in [0.2, 0.25) is 5.91 Å². The Balaban J connectivity index is 1.59. The summed E-state index contributed by atoms with van der Waals surface area (Å²) in [5, 5.41) is 15.0. The Morgan fingerprint density at radius 1 is 1.06 bits per heavy atom. The standard InChI is InChI=1S/C28H35N3O3S/c1-29(2)22-10-13-30(14-11-22)25(32)17-31-24-16-20(28(33)34)8-9-23(24)26(19-6-4-3-5-7-19)27(31)21-12-15-35-18-21/h8-9,12,15-16,18-19,22H,3-7,10-11,13-14,17H2,1-2H3,(H,33,34). The second kappa shape index (κ2) is 10.2. The monoisotopic (exact) mass is 493 g/mol. The topological polar surface area (TPSA) is 65.8 Å². The maximum absolute atomic E-state index is 13.6. The molecule has 6 nitrogen and oxygen atoms in total. The Bertz CT molecular complexity index is 1200. The SMILES string of the molecule is CN(C)C1CCN(C(=O)Cn2c(-c3ccsc3)c(C3CCCCC3)c3ccc(C(=O)O)cc32)CC1. The van der Waals surface area contributed by atoms with Crippen LogP contribution in [0.4, 0.5) is 0 Å². The highest BCUT2D eigenvalue weighted by Crippen LogP contribution is 2.44. The number of thiophene rings is 1. The van der Waals surface area contributed by atoms with E-state index in [-0.39, 0.29) is 18.0 Å². The van der Waals surface area contributed by atoms with Gasteiger partial charge in [-0.15, -0.1) is 0 Å². The molecule has 0 unspecified atom stereocenters. The molecule has 7 heteroatoms. The number of aromatic carboxylic acids is 1. The van der Waals surface area contributed by atoms with Crippen LogP contribution in [-0.4, -0.2) is 64.6 Å². The summed E-state index contributed by atoms with van der Waals surface area (Å²) in [7, 11) is 4.21. The number of carbonyl (C=O) groups excluding carboxylic acids is 1. The highest BCUT2D eigenvalue weighted by Gasteiger charge is 2.30. The van der Waals surface area contributed by atoms with Gasteiger partial charge in [0.1, 0.15) is 6.54 Å². The molecule has 1 saturated heterocycles. The number of nitrogens with zero attached hydrogens (tertiary/aromatic N) is 3. The zero-order valence-electron chi connectivity index (χ0n) is 20.7. The average molecular weight is 494 g/mol. The largest absolute Gasteiger partial charge is 0.478 e. The first-order valence-electron chi connectivity index (χ1n) is 12.8. The average Bonchev–Trinajstić information content (AvgIpc) is 3.50. The van der Waals surface area contributed by atoms with Crippen molar-refractivity contribution < 1.29 is 14.7 Å². The van der Waals surface area contributed by atoms with Crippen molar-refractivity contribution in [3.63, 3.8) is 0 Å². The minimum atomic E-state index is -0.937. The predicted molar refractivity (Wildman–Crippen MR) is 141 cm³/mol. The maximum Gasteiger partial charge on any atom is 0.335 e. The lowest BCUT2D eigenvalue weighted by atomic mass is 9.82. The van der Waals surface area contributed by atoms with Crippen molar-refractivity contribution in [2.75, 3.05) is 27.2 Å². The molecular weight excluding hydrogens is 458 g/mol. The fourth-order valence-corrected chi connectivity index (χ4v) is 6.70. The summed E-state index contributed by atoms with van der Waals surface area (Å²) in [5.74, 6) is -0.386. The number of hydrogen-bond acceptors (Lipinski definition) is 4. The van der Waals surface area contributed by atoms with Crippen LogP contribution in [0.5, 0.6) is 0 Å². The summed E-state index contributed by atoms with van der Waals surface area (Å²) < 4.78 is 2.12. The van der Waals surface area contributed by atoms with Gasteiger partial charge in [0.05, 0.1) is 16.8 Å². The molecule has 1 aliphatic heterocycles. The molecule has 2 fully saturated rings. The van der Waals surface area contributed by atoms with Gasteiger partial charge >= 0.3 is 5.97 Å². The van der Waals surface area contributed by atoms with Gasteiger partial charge in [0.25, 0.3) is 0 Å². The number of hydrogen-bond donors (Lipinski definition) is 1. The zero-order valence-corrected chi connectivity index (χ0v) is 21.5. The quantitative estimate of drug-likeness (QED) is 0.481. The molecule has 2 aliphatic rings. The van der Waals surface area contributed by atoms with Crippen LogP contribution >= 0.6 is 11.3 Å². The first kappa shape index (κ1) is 24.1. The van der Waals surface area contributed by atoms with Gasteiger partial charge in [0, 0.05) is 35.5 Å². The van der Waals surface area contributed by atoms with E-state index < -0.39 is 5.97 Å². The molecule has 35 heavy (non-hydrogen) atoms. The molecule has 0 bridgehead atoms. The normalized spacial score (nSPS) is 18.0. The molecule has 2 aromatic heterocycles. The summed E-state index contributed by atoms with van der Waals surface area (Å²) in [6, 6.07) is 8.11. The number of fused-ring (bicyclic) bond motifs is 1. The van der Waals surface area contributed by atoms with E-state index in [0.717, 1.165) is 60.9 Å². The third-order valence-corrected chi connectivity index (χ3v) is 8.68. The van der Waals surface area contributed by atoms with Gasteiger partial charge in [-0.25, -0.2) is 4.79 Å². The van der Waals surface area contributed by atoms with Crippen LogP contribution in [0.2, 0.25) is 0 Å². The summed E-state index contributed by atoms with van der Waals surface area (Å²) in [4.78, 5) is 29.7. The molecule has 1 aromatic carbocycles. The minimum absolute atomic E-state index is 0.117. The Labute approximate surface area is 211 Å². The first-order chi connectivity index (χ1) is 16.9. The third kappa shape index (κ3) is 4.76. The molecule has 0 atom stereocenters. The molecule has 3 heterocycles. The van der Waals surface area contributed by atoms with Crippen molar-refractivity contribution in [1.29, 1.82) is 0 Å². The molecule has 0 spiro atoms. The van der Waals surface area contributed by atoms with Gasteiger partial charge < -0.3 is 19.5 Å². The molecule has 1 aliphatic carbocycles. The zero-order chi connectivity index (χ0) is 24.5. The lowest BCUT2D eigenvalue weighted by Crippen LogP contribution is -2.45. The highest BCUT2D eigenvalue weighted by atomic mass is 32.1. The van der Waals surface area contributed by atoms with Crippen molar-refractivity contribution >= 4 is 34.1 Å². The lowest BCUT2D eigenvalue weighted by molar-refractivity contribution is -0.133. The summed E-state index contributed by atoms with van der Waals surface area (Å²) in [6.45, 7) is 1.78. The second-order valence-corrected chi connectivity index (χ2v) is 11.1. The smallest absolute Gasteiger partial charge is 0.335 e. The van der Waals surface area contributed by atoms with E-state index >= 15 is 0 Å².